The third kappa shape index (κ3) is 6.33. The van der Waals surface area contributed by atoms with Gasteiger partial charge in [0, 0.05) is 32.3 Å². The molecule has 2 atom stereocenters. The van der Waals surface area contributed by atoms with Crippen molar-refractivity contribution in [3.8, 4) is 5.75 Å². The van der Waals surface area contributed by atoms with Gasteiger partial charge in [0.15, 0.2) is 0 Å². The Balaban J connectivity index is 1.45. The van der Waals surface area contributed by atoms with Crippen LogP contribution in [0.15, 0.2) is 72.4 Å². The summed E-state index contributed by atoms with van der Waals surface area (Å²) in [6.45, 7) is 13.1. The van der Waals surface area contributed by atoms with Crippen molar-refractivity contribution in [1.82, 2.24) is 24.4 Å². The number of carbonyl (C=O) groups is 1. The normalized spacial score (nSPS) is 18.1. The van der Waals surface area contributed by atoms with E-state index in [1.54, 1.807) is 24.7 Å². The van der Waals surface area contributed by atoms with Crippen LogP contribution in [-0.2, 0) is 21.4 Å². The van der Waals surface area contributed by atoms with E-state index in [-0.39, 0.29) is 30.0 Å². The summed E-state index contributed by atoms with van der Waals surface area (Å²) in [5.74, 6) is -0.293. The lowest BCUT2D eigenvalue weighted by Crippen LogP contribution is -2.38. The molecule has 4 aromatic rings. The Morgan fingerprint density at radius 1 is 1.08 bits per heavy atom. The van der Waals surface area contributed by atoms with Crippen LogP contribution in [0, 0.1) is 19.3 Å². The number of benzene rings is 2. The zero-order valence-electron chi connectivity index (χ0n) is 29.1. The first-order valence-corrected chi connectivity index (χ1v) is 18.0. The lowest BCUT2D eigenvalue weighted by molar-refractivity contribution is -0.124. The number of hydrazine groups is 2. The smallest absolute Gasteiger partial charge is 0.248 e. The Hall–Kier alpha value is -4.59. The highest BCUT2D eigenvalue weighted by atomic mass is 32.2. The molecule has 0 saturated carbocycles. The van der Waals surface area contributed by atoms with Crippen LogP contribution in [0.2, 0.25) is 0 Å². The molecule has 2 aromatic carbocycles. The first-order valence-electron chi connectivity index (χ1n) is 16.5. The number of amides is 1. The molecule has 0 radical (unpaired) electrons. The van der Waals surface area contributed by atoms with Gasteiger partial charge in [-0.25, -0.2) is 18.4 Å². The van der Waals surface area contributed by atoms with E-state index < -0.39 is 21.4 Å². The Morgan fingerprint density at radius 3 is 2.55 bits per heavy atom. The minimum absolute atomic E-state index is 0.0627. The van der Waals surface area contributed by atoms with Gasteiger partial charge in [0.05, 0.1) is 47.6 Å². The van der Waals surface area contributed by atoms with E-state index in [1.165, 1.54) is 16.8 Å². The van der Waals surface area contributed by atoms with Crippen LogP contribution >= 0.6 is 0 Å². The number of pyridine rings is 1. The van der Waals surface area contributed by atoms with Crippen molar-refractivity contribution in [2.24, 2.45) is 5.41 Å². The summed E-state index contributed by atoms with van der Waals surface area (Å²) < 4.78 is 35.7. The SMILES string of the molecule is CC[C@@H]1CN(Cc2cc([C@@H](c3ccc4c(c3C)NN(C)N4CC)C(C)(C)C(=O)Nc3cncnc3)ccc2C)S(=O)(=O)c2cnccc2O1. The molecule has 49 heavy (non-hydrogen) atoms. The largest absolute Gasteiger partial charge is 0.488 e. The first kappa shape index (κ1) is 34.3. The van der Waals surface area contributed by atoms with E-state index in [9.17, 15) is 13.2 Å². The molecule has 0 fully saturated rings. The topological polar surface area (TPSA) is 133 Å². The molecule has 0 bridgehead atoms. The van der Waals surface area contributed by atoms with Gasteiger partial charge in [0.2, 0.25) is 15.9 Å². The second-order valence-corrected chi connectivity index (χ2v) is 15.1. The number of nitrogens with zero attached hydrogens (tertiary/aromatic N) is 6. The van der Waals surface area contributed by atoms with E-state index in [0.29, 0.717) is 17.9 Å². The molecule has 2 N–H and O–H groups in total. The van der Waals surface area contributed by atoms with Gasteiger partial charge in [-0.3, -0.25) is 20.2 Å². The van der Waals surface area contributed by atoms with Gasteiger partial charge in [-0.05, 0) is 67.1 Å². The summed E-state index contributed by atoms with van der Waals surface area (Å²) in [6, 6.07) is 11.9. The molecule has 2 aromatic heterocycles. The van der Waals surface area contributed by atoms with Gasteiger partial charge in [0.1, 0.15) is 23.1 Å². The molecule has 258 valence electrons. The second-order valence-electron chi connectivity index (χ2n) is 13.2. The van der Waals surface area contributed by atoms with Crippen molar-refractivity contribution in [1.29, 1.82) is 0 Å². The standard InChI is InChI=1S/C36H44N8O4S/c1-8-28-21-43(49(46,47)32-19-37-15-14-31(32)48-28)20-26-16-25(11-10-23(26)3)33(36(5,6)35(45)40-27-17-38-22-39-18-27)29-12-13-30-34(24(29)4)41-42(7)44(30)9-2/h10-19,22,28,33,41H,8-9,20-21H2,1-7H3,(H,40,45)/t28-,33+/m1/s1. The summed E-state index contributed by atoms with van der Waals surface area (Å²) in [5, 5.41) is 7.15. The molecule has 2 aliphatic heterocycles. The van der Waals surface area contributed by atoms with Crippen molar-refractivity contribution in [2.75, 3.05) is 35.9 Å². The summed E-state index contributed by atoms with van der Waals surface area (Å²) in [7, 11) is -1.94. The number of nitrogens with one attached hydrogen (secondary N) is 2. The predicted octanol–water partition coefficient (Wildman–Crippen LogP) is 5.66. The van der Waals surface area contributed by atoms with Crippen LogP contribution in [0.4, 0.5) is 17.1 Å². The van der Waals surface area contributed by atoms with E-state index in [4.69, 9.17) is 4.74 Å². The number of aryl methyl sites for hydroxylation is 1. The molecule has 12 nitrogen and oxygen atoms in total. The van der Waals surface area contributed by atoms with Crippen LogP contribution in [-0.4, -0.2) is 64.9 Å². The lowest BCUT2D eigenvalue weighted by Gasteiger charge is -2.36. The summed E-state index contributed by atoms with van der Waals surface area (Å²) in [4.78, 5) is 26.5. The first-order chi connectivity index (χ1) is 23.4. The number of hydrogen-bond acceptors (Lipinski definition) is 10. The molecule has 1 amide bonds. The van der Waals surface area contributed by atoms with Gasteiger partial charge in [-0.2, -0.15) is 4.31 Å². The second kappa shape index (κ2) is 13.4. The lowest BCUT2D eigenvalue weighted by atomic mass is 9.69. The summed E-state index contributed by atoms with van der Waals surface area (Å²) in [5.41, 5.74) is 9.76. The number of anilines is 3. The number of aromatic nitrogens is 3. The summed E-state index contributed by atoms with van der Waals surface area (Å²) >= 11 is 0. The number of sulfonamides is 1. The fraction of sp³-hybridized carbons (Fsp3) is 0.389. The van der Waals surface area contributed by atoms with Crippen LogP contribution in [0.5, 0.6) is 5.75 Å². The van der Waals surface area contributed by atoms with Crippen molar-refractivity contribution < 1.29 is 17.9 Å². The summed E-state index contributed by atoms with van der Waals surface area (Å²) in [6.07, 6.45) is 7.79. The Kier molecular flexibility index (Phi) is 9.36. The number of rotatable bonds is 9. The molecule has 13 heteroatoms. The van der Waals surface area contributed by atoms with E-state index in [2.05, 4.69) is 62.8 Å². The molecule has 2 aliphatic rings. The van der Waals surface area contributed by atoms with Crippen LogP contribution < -0.4 is 20.5 Å². The molecule has 4 heterocycles. The zero-order chi connectivity index (χ0) is 35.1. The number of fused-ring (bicyclic) bond motifs is 2. The maximum Gasteiger partial charge on any atom is 0.248 e. The fourth-order valence-corrected chi connectivity index (χ4v) is 8.37. The van der Waals surface area contributed by atoms with Gasteiger partial charge in [-0.1, -0.05) is 45.0 Å². The van der Waals surface area contributed by atoms with Crippen molar-refractivity contribution in [2.45, 2.75) is 71.4 Å². The van der Waals surface area contributed by atoms with Gasteiger partial charge in [0.25, 0.3) is 0 Å². The highest BCUT2D eigenvalue weighted by Crippen LogP contribution is 2.48. The predicted molar refractivity (Wildman–Crippen MR) is 190 cm³/mol. The van der Waals surface area contributed by atoms with Gasteiger partial charge in [-0.15, -0.1) is 5.12 Å². The quantitative estimate of drug-likeness (QED) is 0.228. The van der Waals surface area contributed by atoms with Gasteiger partial charge >= 0.3 is 0 Å². The average Bonchev–Trinajstić information content (AvgIpc) is 3.37. The van der Waals surface area contributed by atoms with E-state index in [0.717, 1.165) is 45.7 Å². The fourth-order valence-electron chi connectivity index (χ4n) is 6.85. The highest BCUT2D eigenvalue weighted by molar-refractivity contribution is 7.89. The minimum atomic E-state index is -3.91. The Morgan fingerprint density at radius 2 is 1.84 bits per heavy atom. The Bertz CT molecular complexity index is 1970. The van der Waals surface area contributed by atoms with Crippen LogP contribution in [0.25, 0.3) is 0 Å². The number of hydrogen-bond donors (Lipinski definition) is 2. The average molecular weight is 685 g/mol. The highest BCUT2D eigenvalue weighted by Gasteiger charge is 2.42. The van der Waals surface area contributed by atoms with Crippen molar-refractivity contribution >= 4 is 33.0 Å². The number of carbonyl (C=O) groups excluding carboxylic acids is 1. The minimum Gasteiger partial charge on any atom is -0.488 e. The molecule has 0 spiro atoms. The third-order valence-corrected chi connectivity index (χ3v) is 11.5. The van der Waals surface area contributed by atoms with Gasteiger partial charge < -0.3 is 10.1 Å². The molecule has 0 aliphatic carbocycles. The molecule has 0 unspecified atom stereocenters. The maximum absolute atomic E-state index is 14.2. The maximum atomic E-state index is 14.2. The van der Waals surface area contributed by atoms with Crippen LogP contribution in [0.3, 0.4) is 0 Å². The zero-order valence-corrected chi connectivity index (χ0v) is 29.9. The molecule has 6 rings (SSSR count). The van der Waals surface area contributed by atoms with Crippen LogP contribution in [0.1, 0.15) is 67.9 Å². The molecular weight excluding hydrogens is 641 g/mol. The van der Waals surface area contributed by atoms with Crippen molar-refractivity contribution in [3.63, 3.8) is 0 Å². The third-order valence-electron chi connectivity index (χ3n) is 9.71. The van der Waals surface area contributed by atoms with E-state index >= 15 is 0 Å². The monoisotopic (exact) mass is 684 g/mol. The molecule has 0 saturated heterocycles. The Labute approximate surface area is 288 Å². The van der Waals surface area contributed by atoms with E-state index in [1.807, 2.05) is 52.0 Å². The molecular formula is C36H44N8O4S. The van der Waals surface area contributed by atoms with Crippen molar-refractivity contribution in [3.05, 3.63) is 95.3 Å². The number of ether oxygens (including phenoxy) is 1.